The summed E-state index contributed by atoms with van der Waals surface area (Å²) in [4.78, 5) is 16.3. The van der Waals surface area contributed by atoms with Gasteiger partial charge in [-0.25, -0.2) is 9.79 Å². The molecule has 6 heteroatoms. The molecule has 0 saturated heterocycles. The van der Waals surface area contributed by atoms with Gasteiger partial charge in [0, 0.05) is 10.0 Å². The second-order valence-corrected chi connectivity index (χ2v) is 6.16. The number of carbonyl (C=O) groups is 1. The van der Waals surface area contributed by atoms with E-state index in [1.807, 2.05) is 30.3 Å². The third-order valence-corrected chi connectivity index (χ3v) is 4.35. The summed E-state index contributed by atoms with van der Waals surface area (Å²) >= 11 is 3.44. The van der Waals surface area contributed by atoms with Crippen molar-refractivity contribution in [3.8, 4) is 11.5 Å². The van der Waals surface area contributed by atoms with E-state index in [1.54, 1.807) is 44.6 Å². The molecule has 0 aromatic heterocycles. The summed E-state index contributed by atoms with van der Waals surface area (Å²) in [5.41, 5.74) is 1.81. The Morgan fingerprint density at radius 3 is 2.65 bits per heavy atom. The molecule has 0 bridgehead atoms. The quantitative estimate of drug-likeness (QED) is 0.539. The maximum atomic E-state index is 12.1. The SMILES string of the molecule is COc1ccc(C2=N/C(=C\C=C\c3ccccc3OC)C(=O)O2)c(Br)c1. The molecule has 2 aromatic carbocycles. The molecule has 0 atom stereocenters. The lowest BCUT2D eigenvalue weighted by atomic mass is 10.2. The number of para-hydroxylation sites is 1. The first kappa shape index (κ1) is 17.9. The van der Waals surface area contributed by atoms with Crippen molar-refractivity contribution in [2.24, 2.45) is 4.99 Å². The Labute approximate surface area is 159 Å². The van der Waals surface area contributed by atoms with E-state index in [1.165, 1.54) is 0 Å². The Hall–Kier alpha value is -2.86. The highest BCUT2D eigenvalue weighted by molar-refractivity contribution is 9.10. The number of ether oxygens (including phenoxy) is 3. The predicted octanol–water partition coefficient (Wildman–Crippen LogP) is 4.37. The molecule has 0 unspecified atom stereocenters. The number of methoxy groups -OCH3 is 2. The predicted molar refractivity (Wildman–Crippen MR) is 103 cm³/mol. The third-order valence-electron chi connectivity index (χ3n) is 3.70. The highest BCUT2D eigenvalue weighted by Crippen LogP contribution is 2.27. The second-order valence-electron chi connectivity index (χ2n) is 5.31. The van der Waals surface area contributed by atoms with Crippen molar-refractivity contribution in [2.75, 3.05) is 14.2 Å². The maximum absolute atomic E-state index is 12.1. The smallest absolute Gasteiger partial charge is 0.363 e. The fourth-order valence-electron chi connectivity index (χ4n) is 2.38. The number of rotatable bonds is 5. The van der Waals surface area contributed by atoms with Gasteiger partial charge in [0.1, 0.15) is 11.5 Å². The molecular weight excluding hydrogens is 398 g/mol. The van der Waals surface area contributed by atoms with E-state index in [-0.39, 0.29) is 11.6 Å². The van der Waals surface area contributed by atoms with Crippen LogP contribution in [0.5, 0.6) is 11.5 Å². The van der Waals surface area contributed by atoms with Crippen LogP contribution in [0.2, 0.25) is 0 Å². The maximum Gasteiger partial charge on any atom is 0.363 e. The molecule has 0 aliphatic carbocycles. The van der Waals surface area contributed by atoms with Crippen LogP contribution < -0.4 is 9.47 Å². The van der Waals surface area contributed by atoms with Crippen molar-refractivity contribution in [1.29, 1.82) is 0 Å². The fraction of sp³-hybridized carbons (Fsp3) is 0.100. The molecule has 26 heavy (non-hydrogen) atoms. The van der Waals surface area contributed by atoms with Gasteiger partial charge in [-0.05, 0) is 46.3 Å². The van der Waals surface area contributed by atoms with Gasteiger partial charge < -0.3 is 14.2 Å². The van der Waals surface area contributed by atoms with Gasteiger partial charge in [-0.1, -0.05) is 30.4 Å². The zero-order chi connectivity index (χ0) is 18.5. The van der Waals surface area contributed by atoms with E-state index in [9.17, 15) is 4.79 Å². The molecule has 0 radical (unpaired) electrons. The first-order valence-electron chi connectivity index (χ1n) is 7.78. The fourth-order valence-corrected chi connectivity index (χ4v) is 2.91. The van der Waals surface area contributed by atoms with Crippen molar-refractivity contribution in [2.45, 2.75) is 0 Å². The Bertz CT molecular complexity index is 931. The van der Waals surface area contributed by atoms with Crippen LogP contribution in [0.1, 0.15) is 11.1 Å². The van der Waals surface area contributed by atoms with Gasteiger partial charge in [-0.2, -0.15) is 0 Å². The molecule has 0 N–H and O–H groups in total. The molecular formula is C20H16BrNO4. The lowest BCUT2D eigenvalue weighted by Crippen LogP contribution is -2.06. The largest absolute Gasteiger partial charge is 0.497 e. The second kappa shape index (κ2) is 8.01. The van der Waals surface area contributed by atoms with Gasteiger partial charge in [0.25, 0.3) is 0 Å². The molecule has 0 amide bonds. The average Bonchev–Trinajstić information content (AvgIpc) is 3.02. The number of hydrogen-bond acceptors (Lipinski definition) is 5. The summed E-state index contributed by atoms with van der Waals surface area (Å²) in [5.74, 6) is 1.21. The number of carbonyl (C=O) groups excluding carboxylic acids is 1. The average molecular weight is 414 g/mol. The number of hydrogen-bond donors (Lipinski definition) is 0. The first-order valence-corrected chi connectivity index (χ1v) is 8.58. The van der Waals surface area contributed by atoms with Gasteiger partial charge >= 0.3 is 5.97 Å². The van der Waals surface area contributed by atoms with Gasteiger partial charge in [-0.3, -0.25) is 0 Å². The van der Waals surface area contributed by atoms with Crippen LogP contribution in [-0.4, -0.2) is 26.1 Å². The van der Waals surface area contributed by atoms with Crippen molar-refractivity contribution in [3.63, 3.8) is 0 Å². The minimum absolute atomic E-state index is 0.230. The lowest BCUT2D eigenvalue weighted by molar-refractivity contribution is -0.130. The lowest BCUT2D eigenvalue weighted by Gasteiger charge is -2.05. The van der Waals surface area contributed by atoms with E-state index in [0.717, 1.165) is 15.8 Å². The Kier molecular flexibility index (Phi) is 5.53. The zero-order valence-electron chi connectivity index (χ0n) is 14.2. The standard InChI is InChI=1S/C20H16BrNO4/c1-24-14-10-11-15(16(21)12-14)19-22-17(20(23)26-19)8-5-7-13-6-3-4-9-18(13)25-2/h3-12H,1-2H3/b7-5+,17-8-. The summed E-state index contributed by atoms with van der Waals surface area (Å²) < 4.78 is 16.5. The van der Waals surface area contributed by atoms with Gasteiger partial charge in [0.15, 0.2) is 5.70 Å². The topological polar surface area (TPSA) is 57.1 Å². The van der Waals surface area contributed by atoms with E-state index in [2.05, 4.69) is 20.9 Å². The summed E-state index contributed by atoms with van der Waals surface area (Å²) in [6.45, 7) is 0. The summed E-state index contributed by atoms with van der Waals surface area (Å²) in [5, 5.41) is 0. The number of benzene rings is 2. The van der Waals surface area contributed by atoms with Crippen molar-refractivity contribution >= 4 is 33.9 Å². The molecule has 5 nitrogen and oxygen atoms in total. The van der Waals surface area contributed by atoms with Crippen LogP contribution in [0.4, 0.5) is 0 Å². The van der Waals surface area contributed by atoms with Crippen LogP contribution >= 0.6 is 15.9 Å². The first-order chi connectivity index (χ1) is 12.6. The summed E-state index contributed by atoms with van der Waals surface area (Å²) in [6.07, 6.45) is 5.19. The third kappa shape index (κ3) is 3.86. The minimum Gasteiger partial charge on any atom is -0.497 e. The van der Waals surface area contributed by atoms with E-state index < -0.39 is 5.97 Å². The highest BCUT2D eigenvalue weighted by atomic mass is 79.9. The molecule has 1 aliphatic rings. The normalized spacial score (nSPS) is 15.3. The number of esters is 1. The Morgan fingerprint density at radius 1 is 1.12 bits per heavy atom. The van der Waals surface area contributed by atoms with E-state index >= 15 is 0 Å². The summed E-state index contributed by atoms with van der Waals surface area (Å²) in [7, 11) is 3.20. The van der Waals surface area contributed by atoms with E-state index in [0.29, 0.717) is 11.3 Å². The van der Waals surface area contributed by atoms with Gasteiger partial charge in [0.2, 0.25) is 5.90 Å². The highest BCUT2D eigenvalue weighted by Gasteiger charge is 2.25. The van der Waals surface area contributed by atoms with Crippen LogP contribution in [0.15, 0.2) is 69.8 Å². The number of aliphatic imine (C=N–C) groups is 1. The van der Waals surface area contributed by atoms with Gasteiger partial charge in [-0.15, -0.1) is 0 Å². The van der Waals surface area contributed by atoms with Crippen LogP contribution in [0.25, 0.3) is 6.08 Å². The molecule has 3 rings (SSSR count). The zero-order valence-corrected chi connectivity index (χ0v) is 15.8. The number of allylic oxidation sites excluding steroid dienone is 2. The van der Waals surface area contributed by atoms with Crippen molar-refractivity contribution in [1.82, 2.24) is 0 Å². The Morgan fingerprint density at radius 2 is 1.92 bits per heavy atom. The number of cyclic esters (lactones) is 1. The molecule has 0 saturated carbocycles. The molecule has 0 fully saturated rings. The number of halogens is 1. The monoisotopic (exact) mass is 413 g/mol. The summed E-state index contributed by atoms with van der Waals surface area (Å²) in [6, 6.07) is 12.9. The molecule has 1 heterocycles. The number of nitrogens with zero attached hydrogens (tertiary/aromatic N) is 1. The molecule has 0 spiro atoms. The van der Waals surface area contributed by atoms with Crippen molar-refractivity contribution < 1.29 is 19.0 Å². The van der Waals surface area contributed by atoms with Crippen LogP contribution in [0.3, 0.4) is 0 Å². The molecule has 132 valence electrons. The minimum atomic E-state index is -0.493. The van der Waals surface area contributed by atoms with Crippen molar-refractivity contribution in [3.05, 3.63) is 75.9 Å². The molecule has 2 aromatic rings. The Balaban J connectivity index is 1.84. The van der Waals surface area contributed by atoms with Crippen LogP contribution in [-0.2, 0) is 9.53 Å². The van der Waals surface area contributed by atoms with Crippen LogP contribution in [0, 0.1) is 0 Å². The van der Waals surface area contributed by atoms with E-state index in [4.69, 9.17) is 14.2 Å². The molecule has 1 aliphatic heterocycles. The van der Waals surface area contributed by atoms with Gasteiger partial charge in [0.05, 0.1) is 19.8 Å².